The summed E-state index contributed by atoms with van der Waals surface area (Å²) >= 11 is 0. The molecule has 3 heteroatoms. The Morgan fingerprint density at radius 1 is 0.947 bits per heavy atom. The third-order valence-corrected chi connectivity index (χ3v) is 3.04. The molecule has 1 aliphatic heterocycles. The first-order valence-electron chi connectivity index (χ1n) is 6.22. The van der Waals surface area contributed by atoms with Crippen molar-refractivity contribution in [2.75, 3.05) is 0 Å². The van der Waals surface area contributed by atoms with Crippen LogP contribution in [0.2, 0.25) is 0 Å². The van der Waals surface area contributed by atoms with Crippen LogP contribution in [0.4, 0.5) is 0 Å². The largest absolute Gasteiger partial charge is 0.406 e. The van der Waals surface area contributed by atoms with Gasteiger partial charge in [-0.2, -0.15) is 0 Å². The molecule has 0 fully saturated rings. The summed E-state index contributed by atoms with van der Waals surface area (Å²) in [5, 5.41) is 0. The summed E-state index contributed by atoms with van der Waals surface area (Å²) in [7, 11) is 0. The third kappa shape index (κ3) is 2.55. The maximum absolute atomic E-state index is 11.8. The molecule has 2 aromatic carbocycles. The summed E-state index contributed by atoms with van der Waals surface area (Å²) in [6, 6.07) is 18.9. The van der Waals surface area contributed by atoms with Crippen LogP contribution in [-0.2, 0) is 16.0 Å². The molecule has 0 N–H and O–H groups in total. The summed E-state index contributed by atoms with van der Waals surface area (Å²) in [6.45, 7) is 0. The summed E-state index contributed by atoms with van der Waals surface area (Å²) < 4.78 is 5.24. The Hall–Kier alpha value is -2.42. The minimum atomic E-state index is -0.433. The molecular weight excluding hydrogens is 238 g/mol. The Labute approximate surface area is 111 Å². The van der Waals surface area contributed by atoms with Gasteiger partial charge in [-0.15, -0.1) is 0 Å². The summed E-state index contributed by atoms with van der Waals surface area (Å²) in [6.07, 6.45) is 0.579. The first-order valence-corrected chi connectivity index (χ1v) is 6.22. The van der Waals surface area contributed by atoms with Crippen LogP contribution < -0.4 is 0 Å². The predicted octanol–water partition coefficient (Wildman–Crippen LogP) is 2.60. The van der Waals surface area contributed by atoms with E-state index in [0.29, 0.717) is 12.3 Å². The Kier molecular flexibility index (Phi) is 3.11. The summed E-state index contributed by atoms with van der Waals surface area (Å²) in [5.74, 6) is 0.147. The molecule has 0 bridgehead atoms. The van der Waals surface area contributed by atoms with Crippen molar-refractivity contribution in [3.63, 3.8) is 0 Å². The third-order valence-electron chi connectivity index (χ3n) is 3.04. The van der Waals surface area contributed by atoms with Crippen molar-refractivity contribution in [3.8, 4) is 0 Å². The number of nitrogens with zero attached hydrogens (tertiary/aromatic N) is 1. The molecule has 3 nitrogen and oxygen atoms in total. The van der Waals surface area contributed by atoms with Crippen LogP contribution in [-0.4, -0.2) is 17.9 Å². The smallest absolute Gasteiger partial charge is 0.338 e. The predicted molar refractivity (Wildman–Crippen MR) is 73.0 cm³/mol. The van der Waals surface area contributed by atoms with E-state index in [-0.39, 0.29) is 5.97 Å². The monoisotopic (exact) mass is 251 g/mol. The highest BCUT2D eigenvalue weighted by Gasteiger charge is 2.29. The molecule has 1 heterocycles. The van der Waals surface area contributed by atoms with E-state index >= 15 is 0 Å². The molecule has 0 unspecified atom stereocenters. The van der Waals surface area contributed by atoms with Crippen molar-refractivity contribution in [1.82, 2.24) is 0 Å². The Morgan fingerprint density at radius 3 is 2.26 bits per heavy atom. The molecule has 0 amide bonds. The number of rotatable bonds is 3. The molecule has 0 aromatic heterocycles. The van der Waals surface area contributed by atoms with E-state index in [2.05, 4.69) is 4.99 Å². The van der Waals surface area contributed by atoms with Crippen molar-refractivity contribution in [2.24, 2.45) is 4.99 Å². The van der Waals surface area contributed by atoms with Gasteiger partial charge in [0.2, 0.25) is 5.90 Å². The number of benzene rings is 2. The van der Waals surface area contributed by atoms with Gasteiger partial charge in [0.1, 0.15) is 0 Å². The SMILES string of the molecule is O=C1OC(c2ccccc2)=N[C@@H]1Cc1ccccc1. The lowest BCUT2D eigenvalue weighted by Gasteiger charge is -2.02. The van der Waals surface area contributed by atoms with Crippen LogP contribution >= 0.6 is 0 Å². The van der Waals surface area contributed by atoms with Crippen LogP contribution in [0, 0.1) is 0 Å². The minimum absolute atomic E-state index is 0.275. The maximum Gasteiger partial charge on any atom is 0.338 e. The fourth-order valence-electron chi connectivity index (χ4n) is 2.06. The van der Waals surface area contributed by atoms with E-state index in [0.717, 1.165) is 11.1 Å². The van der Waals surface area contributed by atoms with Crippen LogP contribution in [0.1, 0.15) is 11.1 Å². The highest BCUT2D eigenvalue weighted by atomic mass is 16.6. The topological polar surface area (TPSA) is 38.7 Å². The second-order valence-corrected chi connectivity index (χ2v) is 4.43. The molecule has 94 valence electrons. The standard InChI is InChI=1S/C16H13NO2/c18-16-14(11-12-7-3-1-4-8-12)17-15(19-16)13-9-5-2-6-10-13/h1-10,14H,11H2/t14-/m1/s1. The van der Waals surface area contributed by atoms with Crippen LogP contribution in [0.3, 0.4) is 0 Å². The number of hydrogen-bond donors (Lipinski definition) is 0. The number of aliphatic imine (C=N–C) groups is 1. The Balaban J connectivity index is 1.80. The minimum Gasteiger partial charge on any atom is -0.406 e. The average molecular weight is 251 g/mol. The van der Waals surface area contributed by atoms with Crippen LogP contribution in [0.25, 0.3) is 0 Å². The molecule has 0 saturated carbocycles. The van der Waals surface area contributed by atoms with E-state index in [1.807, 2.05) is 60.7 Å². The fraction of sp³-hybridized carbons (Fsp3) is 0.125. The van der Waals surface area contributed by atoms with Gasteiger partial charge in [-0.1, -0.05) is 48.5 Å². The van der Waals surface area contributed by atoms with Gasteiger partial charge in [-0.3, -0.25) is 0 Å². The van der Waals surface area contributed by atoms with Crippen LogP contribution in [0.5, 0.6) is 0 Å². The second kappa shape index (κ2) is 5.06. The lowest BCUT2D eigenvalue weighted by atomic mass is 10.1. The van der Waals surface area contributed by atoms with Crippen LogP contribution in [0.15, 0.2) is 65.7 Å². The molecule has 0 spiro atoms. The quantitative estimate of drug-likeness (QED) is 0.786. The van der Waals surface area contributed by atoms with E-state index < -0.39 is 6.04 Å². The van der Waals surface area contributed by atoms with Gasteiger partial charge in [0, 0.05) is 12.0 Å². The summed E-state index contributed by atoms with van der Waals surface area (Å²) in [4.78, 5) is 16.2. The highest BCUT2D eigenvalue weighted by molar-refractivity contribution is 6.06. The van der Waals surface area contributed by atoms with Gasteiger partial charge < -0.3 is 4.74 Å². The zero-order chi connectivity index (χ0) is 13.1. The number of cyclic esters (lactones) is 1. The van der Waals surface area contributed by atoms with Gasteiger partial charge in [-0.25, -0.2) is 9.79 Å². The highest BCUT2D eigenvalue weighted by Crippen LogP contribution is 2.16. The lowest BCUT2D eigenvalue weighted by Crippen LogP contribution is -2.17. The molecule has 19 heavy (non-hydrogen) atoms. The lowest BCUT2D eigenvalue weighted by molar-refractivity contribution is -0.134. The van der Waals surface area contributed by atoms with E-state index in [1.165, 1.54) is 0 Å². The molecule has 0 radical (unpaired) electrons. The van der Waals surface area contributed by atoms with E-state index in [1.54, 1.807) is 0 Å². The fourth-order valence-corrected chi connectivity index (χ4v) is 2.06. The molecular formula is C16H13NO2. The second-order valence-electron chi connectivity index (χ2n) is 4.43. The van der Waals surface area contributed by atoms with Crippen molar-refractivity contribution in [1.29, 1.82) is 0 Å². The first kappa shape index (κ1) is 11.7. The number of hydrogen-bond acceptors (Lipinski definition) is 3. The Bertz CT molecular complexity index is 605. The summed E-state index contributed by atoms with van der Waals surface area (Å²) in [5.41, 5.74) is 1.92. The molecule has 0 aliphatic carbocycles. The van der Waals surface area contributed by atoms with E-state index in [4.69, 9.17) is 4.74 Å². The average Bonchev–Trinajstić information content (AvgIpc) is 2.82. The van der Waals surface area contributed by atoms with Crippen molar-refractivity contribution >= 4 is 11.9 Å². The van der Waals surface area contributed by atoms with Crippen molar-refractivity contribution in [2.45, 2.75) is 12.5 Å². The molecule has 1 atom stereocenters. The zero-order valence-electron chi connectivity index (χ0n) is 10.3. The number of esters is 1. The van der Waals surface area contributed by atoms with Gasteiger partial charge in [-0.05, 0) is 17.7 Å². The van der Waals surface area contributed by atoms with Crippen molar-refractivity contribution in [3.05, 3.63) is 71.8 Å². The van der Waals surface area contributed by atoms with Gasteiger partial charge in [0.25, 0.3) is 0 Å². The molecule has 2 aromatic rings. The van der Waals surface area contributed by atoms with Gasteiger partial charge in [0.05, 0.1) is 0 Å². The van der Waals surface area contributed by atoms with Gasteiger partial charge in [0.15, 0.2) is 6.04 Å². The number of carbonyl (C=O) groups is 1. The zero-order valence-corrected chi connectivity index (χ0v) is 10.3. The van der Waals surface area contributed by atoms with E-state index in [9.17, 15) is 4.79 Å². The van der Waals surface area contributed by atoms with Crippen molar-refractivity contribution < 1.29 is 9.53 Å². The number of carbonyl (C=O) groups excluding carboxylic acids is 1. The molecule has 0 saturated heterocycles. The Morgan fingerprint density at radius 2 is 1.58 bits per heavy atom. The van der Waals surface area contributed by atoms with Gasteiger partial charge >= 0.3 is 5.97 Å². The maximum atomic E-state index is 11.8. The number of ether oxygens (including phenoxy) is 1. The first-order chi connectivity index (χ1) is 9.33. The molecule has 1 aliphatic rings. The molecule has 3 rings (SSSR count). The normalized spacial score (nSPS) is 18.0.